The number of aromatic nitrogens is 2. The van der Waals surface area contributed by atoms with E-state index in [0.717, 1.165) is 17.8 Å². The molecular weight excluding hydrogens is 233 g/mol. The fraction of sp³-hybridized carbons (Fsp3) is 0.462. The largest absolute Gasteiger partial charge is 0.379 e. The molecule has 18 heavy (non-hydrogen) atoms. The maximum atomic E-state index is 13.8. The molecule has 0 aliphatic carbocycles. The first-order chi connectivity index (χ1) is 8.65. The molecule has 1 saturated heterocycles. The molecule has 1 atom stereocenters. The third-order valence-electron chi connectivity index (χ3n) is 3.54. The number of benzene rings is 1. The Labute approximate surface area is 105 Å². The Morgan fingerprint density at radius 3 is 3.06 bits per heavy atom. The number of ether oxygens (including phenoxy) is 1. The van der Waals surface area contributed by atoms with Crippen LogP contribution in [0.15, 0.2) is 18.2 Å². The highest BCUT2D eigenvalue weighted by Gasteiger charge is 2.37. The molecule has 0 amide bonds. The molecule has 0 radical (unpaired) electrons. The second-order valence-corrected chi connectivity index (χ2v) is 4.75. The van der Waals surface area contributed by atoms with E-state index in [1.165, 1.54) is 6.07 Å². The summed E-state index contributed by atoms with van der Waals surface area (Å²) in [6, 6.07) is 4.99. The Balaban J connectivity index is 2.26. The van der Waals surface area contributed by atoms with Crippen LogP contribution in [0.25, 0.3) is 11.0 Å². The van der Waals surface area contributed by atoms with Gasteiger partial charge in [-0.25, -0.2) is 9.37 Å². The summed E-state index contributed by atoms with van der Waals surface area (Å²) < 4.78 is 21.1. The van der Waals surface area contributed by atoms with E-state index in [0.29, 0.717) is 25.3 Å². The van der Waals surface area contributed by atoms with Gasteiger partial charge in [0.15, 0.2) is 5.82 Å². The third kappa shape index (κ3) is 1.54. The van der Waals surface area contributed by atoms with Crippen LogP contribution in [0.3, 0.4) is 0 Å². The fourth-order valence-electron chi connectivity index (χ4n) is 2.57. The Hall–Kier alpha value is -1.46. The van der Waals surface area contributed by atoms with Gasteiger partial charge in [-0.2, -0.15) is 0 Å². The van der Waals surface area contributed by atoms with Crippen molar-refractivity contribution in [1.29, 1.82) is 0 Å². The number of nitrogens with two attached hydrogens (primary N) is 1. The first-order valence-electron chi connectivity index (χ1n) is 6.17. The number of rotatable bonds is 2. The summed E-state index contributed by atoms with van der Waals surface area (Å²) >= 11 is 0. The van der Waals surface area contributed by atoms with E-state index in [2.05, 4.69) is 4.98 Å². The van der Waals surface area contributed by atoms with Crippen LogP contribution in [-0.2, 0) is 16.8 Å². The first kappa shape index (κ1) is 11.6. The molecule has 4 nitrogen and oxygen atoms in total. The lowest BCUT2D eigenvalue weighted by Crippen LogP contribution is -2.40. The van der Waals surface area contributed by atoms with E-state index in [1.54, 1.807) is 6.07 Å². The number of nitrogens with zero attached hydrogens (tertiary/aromatic N) is 2. The van der Waals surface area contributed by atoms with E-state index in [-0.39, 0.29) is 5.82 Å². The summed E-state index contributed by atoms with van der Waals surface area (Å²) in [4.78, 5) is 4.42. The molecule has 2 aromatic rings. The van der Waals surface area contributed by atoms with Gasteiger partial charge in [0.25, 0.3) is 0 Å². The predicted molar refractivity (Wildman–Crippen MR) is 66.7 cm³/mol. The minimum absolute atomic E-state index is 0.302. The molecule has 1 aliphatic rings. The van der Waals surface area contributed by atoms with E-state index in [9.17, 15) is 4.39 Å². The smallest absolute Gasteiger partial charge is 0.151 e. The second-order valence-electron chi connectivity index (χ2n) is 4.75. The van der Waals surface area contributed by atoms with Crippen molar-refractivity contribution >= 4 is 11.0 Å². The minimum Gasteiger partial charge on any atom is -0.379 e. The zero-order valence-electron chi connectivity index (χ0n) is 10.3. The van der Waals surface area contributed by atoms with Gasteiger partial charge >= 0.3 is 0 Å². The van der Waals surface area contributed by atoms with Crippen LogP contribution in [0.4, 0.5) is 4.39 Å². The van der Waals surface area contributed by atoms with Gasteiger partial charge in [-0.15, -0.1) is 0 Å². The van der Waals surface area contributed by atoms with Gasteiger partial charge in [0.05, 0.1) is 12.1 Å². The topological polar surface area (TPSA) is 53.1 Å². The number of imidazole rings is 1. The van der Waals surface area contributed by atoms with E-state index < -0.39 is 5.54 Å². The summed E-state index contributed by atoms with van der Waals surface area (Å²) in [5.41, 5.74) is 6.93. The van der Waals surface area contributed by atoms with Gasteiger partial charge in [0.1, 0.15) is 16.9 Å². The van der Waals surface area contributed by atoms with Crippen molar-refractivity contribution < 1.29 is 9.13 Å². The molecule has 0 bridgehead atoms. The maximum Gasteiger partial charge on any atom is 0.151 e. The number of hydrogen-bond donors (Lipinski definition) is 1. The predicted octanol–water partition coefficient (Wildman–Crippen LogP) is 1.77. The monoisotopic (exact) mass is 249 g/mol. The average molecular weight is 249 g/mol. The van der Waals surface area contributed by atoms with Crippen LogP contribution in [-0.4, -0.2) is 22.8 Å². The van der Waals surface area contributed by atoms with Crippen LogP contribution in [0.1, 0.15) is 19.2 Å². The second kappa shape index (κ2) is 4.03. The molecule has 0 spiro atoms. The van der Waals surface area contributed by atoms with Gasteiger partial charge in [0, 0.05) is 13.2 Å². The minimum atomic E-state index is -0.596. The number of fused-ring (bicyclic) bond motifs is 1. The zero-order chi connectivity index (χ0) is 12.8. The van der Waals surface area contributed by atoms with E-state index in [4.69, 9.17) is 10.5 Å². The van der Waals surface area contributed by atoms with Crippen LogP contribution in [0.2, 0.25) is 0 Å². The highest BCUT2D eigenvalue weighted by Crippen LogP contribution is 2.30. The lowest BCUT2D eigenvalue weighted by atomic mass is 9.99. The van der Waals surface area contributed by atoms with Gasteiger partial charge in [-0.05, 0) is 25.5 Å². The van der Waals surface area contributed by atoms with E-state index in [1.807, 2.05) is 17.6 Å². The van der Waals surface area contributed by atoms with Crippen molar-refractivity contribution in [2.24, 2.45) is 5.73 Å². The molecule has 0 saturated carbocycles. The maximum absolute atomic E-state index is 13.8. The molecule has 2 heterocycles. The molecule has 3 rings (SSSR count). The Morgan fingerprint density at radius 1 is 1.56 bits per heavy atom. The summed E-state index contributed by atoms with van der Waals surface area (Å²) in [7, 11) is 0. The summed E-state index contributed by atoms with van der Waals surface area (Å²) in [5, 5.41) is 0. The third-order valence-corrected chi connectivity index (χ3v) is 3.54. The van der Waals surface area contributed by atoms with Crippen LogP contribution in [0.5, 0.6) is 0 Å². The van der Waals surface area contributed by atoms with Crippen molar-refractivity contribution in [1.82, 2.24) is 9.55 Å². The molecule has 1 fully saturated rings. The van der Waals surface area contributed by atoms with Gasteiger partial charge in [0.2, 0.25) is 0 Å². The van der Waals surface area contributed by atoms with Crippen LogP contribution >= 0.6 is 0 Å². The molecule has 1 aromatic heterocycles. The summed E-state index contributed by atoms with van der Waals surface area (Å²) in [5.74, 6) is 0.422. The van der Waals surface area contributed by atoms with E-state index >= 15 is 0 Å². The molecular formula is C13H16FN3O. The molecule has 1 aliphatic heterocycles. The van der Waals surface area contributed by atoms with Crippen molar-refractivity contribution in [2.45, 2.75) is 25.4 Å². The molecule has 96 valence electrons. The van der Waals surface area contributed by atoms with Crippen molar-refractivity contribution in [3.05, 3.63) is 29.8 Å². The van der Waals surface area contributed by atoms with Crippen LogP contribution in [0, 0.1) is 5.82 Å². The normalized spacial score (nSPS) is 23.9. The van der Waals surface area contributed by atoms with Crippen LogP contribution < -0.4 is 5.73 Å². The van der Waals surface area contributed by atoms with Gasteiger partial charge < -0.3 is 15.0 Å². The molecule has 1 unspecified atom stereocenters. The average Bonchev–Trinajstić information content (AvgIpc) is 2.94. The van der Waals surface area contributed by atoms with Crippen molar-refractivity contribution in [2.75, 3.05) is 13.2 Å². The van der Waals surface area contributed by atoms with Gasteiger partial charge in [-0.3, -0.25) is 0 Å². The Morgan fingerprint density at radius 2 is 2.39 bits per heavy atom. The van der Waals surface area contributed by atoms with Gasteiger partial charge in [-0.1, -0.05) is 6.07 Å². The zero-order valence-corrected chi connectivity index (χ0v) is 10.3. The molecule has 1 aromatic carbocycles. The SMILES string of the molecule is CCn1c(C2(N)CCOC2)nc2c(F)cccc21. The van der Waals surface area contributed by atoms with Crippen molar-refractivity contribution in [3.63, 3.8) is 0 Å². The molecule has 2 N–H and O–H groups in total. The lowest BCUT2D eigenvalue weighted by Gasteiger charge is -2.22. The van der Waals surface area contributed by atoms with Crippen molar-refractivity contribution in [3.8, 4) is 0 Å². The fourth-order valence-corrected chi connectivity index (χ4v) is 2.57. The molecule has 5 heteroatoms. The number of aryl methyl sites for hydroxylation is 1. The highest BCUT2D eigenvalue weighted by atomic mass is 19.1. The number of halogens is 1. The highest BCUT2D eigenvalue weighted by molar-refractivity contribution is 5.77. The lowest BCUT2D eigenvalue weighted by molar-refractivity contribution is 0.175. The standard InChI is InChI=1S/C13H16FN3O/c1-2-17-10-5-3-4-9(14)11(10)16-12(17)13(15)6-7-18-8-13/h3-5H,2,6-8,15H2,1H3. The summed E-state index contributed by atoms with van der Waals surface area (Å²) in [6.45, 7) is 3.80. The quantitative estimate of drug-likeness (QED) is 0.882. The number of para-hydroxylation sites is 1. The number of hydrogen-bond acceptors (Lipinski definition) is 3. The summed E-state index contributed by atoms with van der Waals surface area (Å²) in [6.07, 6.45) is 0.720. The Bertz CT molecular complexity index is 587. The first-order valence-corrected chi connectivity index (χ1v) is 6.17. The Kier molecular flexibility index (Phi) is 2.60.